The Morgan fingerprint density at radius 1 is 0.792 bits per heavy atom. The molecule has 0 radical (unpaired) electrons. The highest BCUT2D eigenvalue weighted by Gasteiger charge is 2.43. The molecule has 0 aliphatic carbocycles. The van der Waals surface area contributed by atoms with Crippen LogP contribution in [-0.4, -0.2) is 62.6 Å². The first-order valence-electron chi connectivity index (χ1n) is 9.24. The van der Waals surface area contributed by atoms with Gasteiger partial charge >= 0.3 is 0 Å². The summed E-state index contributed by atoms with van der Waals surface area (Å²) in [6.07, 6.45) is 6.55. The van der Waals surface area contributed by atoms with Crippen molar-refractivity contribution in [3.05, 3.63) is 12.4 Å². The Kier molecular flexibility index (Phi) is 3.45. The van der Waals surface area contributed by atoms with Gasteiger partial charge in [-0.05, 0) is 25.7 Å². The van der Waals surface area contributed by atoms with Crippen molar-refractivity contribution in [1.82, 2.24) is 9.97 Å². The molecule has 0 bridgehead atoms. The fraction of sp³-hybridized carbons (Fsp3) is 0.778. The smallest absolute Gasteiger partial charge is 0.134 e. The Balaban J connectivity index is 1.32. The summed E-state index contributed by atoms with van der Waals surface area (Å²) in [6, 6.07) is 2.18. The van der Waals surface area contributed by atoms with Crippen molar-refractivity contribution in [3.63, 3.8) is 0 Å². The third-order valence-electron chi connectivity index (χ3n) is 6.53. The van der Waals surface area contributed by atoms with E-state index >= 15 is 0 Å². The fourth-order valence-corrected chi connectivity index (χ4v) is 4.89. The molecule has 4 aliphatic rings. The average Bonchev–Trinajstić information content (AvgIpc) is 3.40. The molecule has 130 valence electrons. The monoisotopic (exact) mass is 330 g/mol. The molecule has 0 aromatic carbocycles. The summed E-state index contributed by atoms with van der Waals surface area (Å²) < 4.78 is 11.3. The van der Waals surface area contributed by atoms with Gasteiger partial charge in [-0.25, -0.2) is 9.97 Å². The van der Waals surface area contributed by atoms with E-state index in [1.807, 2.05) is 0 Å². The summed E-state index contributed by atoms with van der Waals surface area (Å²) in [4.78, 5) is 14.0. The molecule has 0 saturated carbocycles. The van der Waals surface area contributed by atoms with Crippen LogP contribution >= 0.6 is 0 Å². The molecule has 0 amide bonds. The van der Waals surface area contributed by atoms with E-state index in [4.69, 9.17) is 9.47 Å². The van der Waals surface area contributed by atoms with E-state index in [0.29, 0.717) is 10.8 Å². The maximum absolute atomic E-state index is 5.65. The maximum Gasteiger partial charge on any atom is 0.134 e. The molecule has 0 N–H and O–H groups in total. The minimum atomic E-state index is 0.365. The fourth-order valence-electron chi connectivity index (χ4n) is 4.89. The SMILES string of the molecule is c1nc(N2CC[C@]3(CCOC3)C2)cc(N2CC[C@]3(CCOC3)C2)n1. The van der Waals surface area contributed by atoms with Gasteiger partial charge in [-0.1, -0.05) is 0 Å². The minimum Gasteiger partial charge on any atom is -0.381 e. The zero-order chi connectivity index (χ0) is 16.0. The lowest BCUT2D eigenvalue weighted by Crippen LogP contribution is -2.29. The van der Waals surface area contributed by atoms with Gasteiger partial charge in [-0.15, -0.1) is 0 Å². The van der Waals surface area contributed by atoms with Gasteiger partial charge in [0.05, 0.1) is 13.2 Å². The lowest BCUT2D eigenvalue weighted by atomic mass is 9.87. The van der Waals surface area contributed by atoms with E-state index < -0.39 is 0 Å². The quantitative estimate of drug-likeness (QED) is 0.823. The van der Waals surface area contributed by atoms with E-state index in [1.165, 1.54) is 25.7 Å². The van der Waals surface area contributed by atoms with Crippen LogP contribution in [0.5, 0.6) is 0 Å². The summed E-state index contributed by atoms with van der Waals surface area (Å²) in [5.74, 6) is 2.15. The third-order valence-corrected chi connectivity index (χ3v) is 6.53. The lowest BCUT2D eigenvalue weighted by molar-refractivity contribution is 0.160. The van der Waals surface area contributed by atoms with Crippen molar-refractivity contribution in [3.8, 4) is 0 Å². The second-order valence-electron chi connectivity index (χ2n) is 8.18. The van der Waals surface area contributed by atoms with Crippen molar-refractivity contribution < 1.29 is 9.47 Å². The lowest BCUT2D eigenvalue weighted by Gasteiger charge is -2.25. The predicted molar refractivity (Wildman–Crippen MR) is 91.4 cm³/mol. The van der Waals surface area contributed by atoms with Crippen LogP contribution in [0.15, 0.2) is 12.4 Å². The zero-order valence-corrected chi connectivity index (χ0v) is 14.2. The number of hydrogen-bond acceptors (Lipinski definition) is 6. The van der Waals surface area contributed by atoms with E-state index in [1.54, 1.807) is 6.33 Å². The molecule has 2 atom stereocenters. The van der Waals surface area contributed by atoms with Crippen molar-refractivity contribution in [1.29, 1.82) is 0 Å². The highest BCUT2D eigenvalue weighted by molar-refractivity contribution is 5.52. The Morgan fingerprint density at radius 3 is 1.79 bits per heavy atom. The van der Waals surface area contributed by atoms with E-state index in [0.717, 1.165) is 64.2 Å². The van der Waals surface area contributed by atoms with Crippen molar-refractivity contribution in [2.45, 2.75) is 25.7 Å². The van der Waals surface area contributed by atoms with Gasteiger partial charge in [-0.3, -0.25) is 0 Å². The Bertz CT molecular complexity index is 562. The topological polar surface area (TPSA) is 50.7 Å². The molecular formula is C18H26N4O2. The predicted octanol–water partition coefficient (Wildman–Crippen LogP) is 1.71. The molecule has 1 aromatic rings. The van der Waals surface area contributed by atoms with Gasteiger partial charge in [0.15, 0.2) is 0 Å². The van der Waals surface area contributed by atoms with E-state index in [9.17, 15) is 0 Å². The number of nitrogens with zero attached hydrogens (tertiary/aromatic N) is 4. The molecule has 24 heavy (non-hydrogen) atoms. The second-order valence-corrected chi connectivity index (χ2v) is 8.18. The zero-order valence-electron chi connectivity index (χ0n) is 14.2. The summed E-state index contributed by atoms with van der Waals surface area (Å²) in [5.41, 5.74) is 0.730. The van der Waals surface area contributed by atoms with Crippen molar-refractivity contribution >= 4 is 11.6 Å². The molecule has 5 rings (SSSR count). The molecule has 6 nitrogen and oxygen atoms in total. The molecule has 1 aromatic heterocycles. The van der Waals surface area contributed by atoms with Gasteiger partial charge in [0.1, 0.15) is 18.0 Å². The van der Waals surface area contributed by atoms with Crippen LogP contribution in [0.2, 0.25) is 0 Å². The van der Waals surface area contributed by atoms with Crippen molar-refractivity contribution in [2.75, 3.05) is 62.4 Å². The summed E-state index contributed by atoms with van der Waals surface area (Å²) >= 11 is 0. The molecule has 4 aliphatic heterocycles. The molecule has 5 heterocycles. The van der Waals surface area contributed by atoms with Gasteiger partial charge in [-0.2, -0.15) is 0 Å². The summed E-state index contributed by atoms with van der Waals surface area (Å²) in [5, 5.41) is 0. The number of rotatable bonds is 2. The number of hydrogen-bond donors (Lipinski definition) is 0. The second kappa shape index (κ2) is 5.56. The van der Waals surface area contributed by atoms with Crippen LogP contribution in [0.4, 0.5) is 11.6 Å². The standard InChI is InChI=1S/C18H26N4O2/c1-5-21(10-17(1)3-7-23-12-17)15-9-16(20-14-19-15)22-6-2-18(11-22)4-8-24-13-18/h9,14H,1-8,10-13H2/t17-,18-/m0/s1. The van der Waals surface area contributed by atoms with Gasteiger partial charge in [0.25, 0.3) is 0 Å². The van der Waals surface area contributed by atoms with Crippen LogP contribution in [0, 0.1) is 10.8 Å². The van der Waals surface area contributed by atoms with Crippen LogP contribution in [0.25, 0.3) is 0 Å². The Morgan fingerprint density at radius 2 is 1.33 bits per heavy atom. The van der Waals surface area contributed by atoms with Gasteiger partial charge in [0.2, 0.25) is 0 Å². The first-order valence-corrected chi connectivity index (χ1v) is 9.24. The van der Waals surface area contributed by atoms with Crippen LogP contribution < -0.4 is 9.80 Å². The molecular weight excluding hydrogens is 304 g/mol. The Labute approximate surface area is 143 Å². The molecule has 6 heteroatoms. The van der Waals surface area contributed by atoms with Crippen LogP contribution in [0.3, 0.4) is 0 Å². The minimum absolute atomic E-state index is 0.365. The first kappa shape index (κ1) is 14.9. The normalized spacial score (nSPS) is 35.8. The highest BCUT2D eigenvalue weighted by Crippen LogP contribution is 2.41. The summed E-state index contributed by atoms with van der Waals surface area (Å²) in [7, 11) is 0. The number of ether oxygens (including phenoxy) is 2. The average molecular weight is 330 g/mol. The third kappa shape index (κ3) is 2.47. The van der Waals surface area contributed by atoms with Crippen molar-refractivity contribution in [2.24, 2.45) is 10.8 Å². The maximum atomic E-state index is 5.65. The van der Waals surface area contributed by atoms with Gasteiger partial charge in [0, 0.05) is 56.3 Å². The van der Waals surface area contributed by atoms with Crippen LogP contribution in [0.1, 0.15) is 25.7 Å². The Hall–Kier alpha value is -1.40. The van der Waals surface area contributed by atoms with Crippen LogP contribution in [-0.2, 0) is 9.47 Å². The van der Waals surface area contributed by atoms with E-state index in [-0.39, 0.29) is 0 Å². The molecule has 0 unspecified atom stereocenters. The molecule has 2 spiro atoms. The van der Waals surface area contributed by atoms with E-state index in [2.05, 4.69) is 25.8 Å². The molecule has 4 saturated heterocycles. The van der Waals surface area contributed by atoms with Gasteiger partial charge < -0.3 is 19.3 Å². The number of anilines is 2. The first-order chi connectivity index (χ1) is 11.8. The molecule has 4 fully saturated rings. The highest BCUT2D eigenvalue weighted by atomic mass is 16.5. The largest absolute Gasteiger partial charge is 0.381 e. The number of aromatic nitrogens is 2. The summed E-state index contributed by atoms with van der Waals surface area (Å²) in [6.45, 7) is 7.96.